The van der Waals surface area contributed by atoms with Crippen molar-refractivity contribution >= 4 is 0 Å². The Bertz CT molecular complexity index is 171. The Morgan fingerprint density at radius 3 is 2.43 bits per heavy atom. The molecule has 14 heavy (non-hydrogen) atoms. The molecule has 1 saturated heterocycles. The normalized spacial score (nSPS) is 30.2. The third-order valence-electron chi connectivity index (χ3n) is 3.70. The highest BCUT2D eigenvalue weighted by atomic mass is 16.5. The predicted octanol–water partition coefficient (Wildman–Crippen LogP) is 2.57. The first-order valence-corrected chi connectivity index (χ1v) is 5.74. The molecule has 0 bridgehead atoms. The van der Waals surface area contributed by atoms with Crippen LogP contribution in [0.1, 0.15) is 47.0 Å². The molecule has 0 aromatic rings. The quantitative estimate of drug-likeness (QED) is 0.758. The summed E-state index contributed by atoms with van der Waals surface area (Å²) in [6, 6.07) is 0. The van der Waals surface area contributed by atoms with Crippen LogP contribution in [0.3, 0.4) is 0 Å². The van der Waals surface area contributed by atoms with Crippen molar-refractivity contribution in [3.8, 4) is 0 Å². The van der Waals surface area contributed by atoms with Crippen LogP contribution in [0.2, 0.25) is 0 Å². The van der Waals surface area contributed by atoms with Gasteiger partial charge in [0, 0.05) is 6.61 Å². The first-order valence-electron chi connectivity index (χ1n) is 5.74. The van der Waals surface area contributed by atoms with Gasteiger partial charge in [-0.25, -0.2) is 0 Å². The van der Waals surface area contributed by atoms with Crippen LogP contribution in [-0.4, -0.2) is 18.8 Å². The number of hydrogen-bond donors (Lipinski definition) is 1. The van der Waals surface area contributed by atoms with Crippen LogP contribution in [0, 0.1) is 11.3 Å². The van der Waals surface area contributed by atoms with E-state index in [1.807, 2.05) is 0 Å². The lowest BCUT2D eigenvalue weighted by atomic mass is 9.65. The lowest BCUT2D eigenvalue weighted by Gasteiger charge is -2.49. The van der Waals surface area contributed by atoms with E-state index in [0.717, 1.165) is 19.6 Å². The third kappa shape index (κ3) is 2.48. The van der Waals surface area contributed by atoms with E-state index in [1.165, 1.54) is 12.8 Å². The van der Waals surface area contributed by atoms with Crippen molar-refractivity contribution in [1.29, 1.82) is 0 Å². The van der Waals surface area contributed by atoms with Gasteiger partial charge in [0.15, 0.2) is 0 Å². The van der Waals surface area contributed by atoms with Gasteiger partial charge in [-0.2, -0.15) is 0 Å². The summed E-state index contributed by atoms with van der Waals surface area (Å²) < 4.78 is 5.87. The van der Waals surface area contributed by atoms with Crippen molar-refractivity contribution in [2.24, 2.45) is 17.1 Å². The molecule has 0 saturated carbocycles. The van der Waals surface area contributed by atoms with Gasteiger partial charge in [-0.3, -0.25) is 0 Å². The maximum atomic E-state index is 5.87. The van der Waals surface area contributed by atoms with E-state index in [9.17, 15) is 0 Å². The van der Waals surface area contributed by atoms with Gasteiger partial charge in [-0.15, -0.1) is 0 Å². The van der Waals surface area contributed by atoms with E-state index in [4.69, 9.17) is 10.5 Å². The molecular weight excluding hydrogens is 174 g/mol. The van der Waals surface area contributed by atoms with Gasteiger partial charge < -0.3 is 10.5 Å². The summed E-state index contributed by atoms with van der Waals surface area (Å²) in [6.45, 7) is 10.9. The Kier molecular flexibility index (Phi) is 3.59. The summed E-state index contributed by atoms with van der Waals surface area (Å²) in [7, 11) is 0. The van der Waals surface area contributed by atoms with Gasteiger partial charge in [0.05, 0.1) is 5.60 Å². The summed E-state index contributed by atoms with van der Waals surface area (Å²) in [5.74, 6) is 0.632. The monoisotopic (exact) mass is 199 g/mol. The van der Waals surface area contributed by atoms with Crippen LogP contribution < -0.4 is 5.73 Å². The van der Waals surface area contributed by atoms with Crippen LogP contribution in [0.15, 0.2) is 0 Å². The minimum Gasteiger partial charge on any atom is -0.375 e. The van der Waals surface area contributed by atoms with Crippen molar-refractivity contribution in [3.63, 3.8) is 0 Å². The molecule has 0 radical (unpaired) electrons. The van der Waals surface area contributed by atoms with Crippen molar-refractivity contribution in [1.82, 2.24) is 0 Å². The maximum Gasteiger partial charge on any atom is 0.0659 e. The fraction of sp³-hybridized carbons (Fsp3) is 1.00. The highest BCUT2D eigenvalue weighted by Gasteiger charge is 2.43. The predicted molar refractivity (Wildman–Crippen MR) is 60.2 cm³/mol. The molecule has 84 valence electrons. The van der Waals surface area contributed by atoms with Gasteiger partial charge in [0.1, 0.15) is 0 Å². The minimum absolute atomic E-state index is 0.0247. The van der Waals surface area contributed by atoms with Crippen molar-refractivity contribution < 1.29 is 4.74 Å². The van der Waals surface area contributed by atoms with E-state index in [-0.39, 0.29) is 5.60 Å². The van der Waals surface area contributed by atoms with E-state index < -0.39 is 0 Å². The van der Waals surface area contributed by atoms with E-state index in [2.05, 4.69) is 27.7 Å². The molecule has 1 aliphatic heterocycles. The Hall–Kier alpha value is -0.0800. The SMILES string of the molecule is CC1(C)CCOC(C)(C)C1CCCN. The molecule has 0 aromatic heterocycles. The molecule has 2 heteroatoms. The summed E-state index contributed by atoms with van der Waals surface area (Å²) in [5.41, 5.74) is 6.01. The Balaban J connectivity index is 2.70. The fourth-order valence-electron chi connectivity index (χ4n) is 2.85. The summed E-state index contributed by atoms with van der Waals surface area (Å²) in [4.78, 5) is 0. The second-order valence-corrected chi connectivity index (χ2v) is 5.67. The Labute approximate surface area is 88.2 Å². The largest absolute Gasteiger partial charge is 0.375 e. The molecule has 0 aliphatic carbocycles. The molecule has 1 aliphatic rings. The van der Waals surface area contributed by atoms with Crippen LogP contribution in [0.4, 0.5) is 0 Å². The topological polar surface area (TPSA) is 35.2 Å². The lowest BCUT2D eigenvalue weighted by molar-refractivity contribution is -0.148. The summed E-state index contributed by atoms with van der Waals surface area (Å²) in [6.07, 6.45) is 3.48. The van der Waals surface area contributed by atoms with Gasteiger partial charge in [-0.05, 0) is 51.0 Å². The third-order valence-corrected chi connectivity index (χ3v) is 3.70. The zero-order valence-electron chi connectivity index (χ0n) is 10.1. The van der Waals surface area contributed by atoms with E-state index >= 15 is 0 Å². The molecular formula is C12H25NO. The second kappa shape index (κ2) is 4.19. The molecule has 1 atom stereocenters. The van der Waals surface area contributed by atoms with Crippen LogP contribution >= 0.6 is 0 Å². The zero-order valence-corrected chi connectivity index (χ0v) is 10.1. The number of rotatable bonds is 3. The lowest BCUT2D eigenvalue weighted by Crippen LogP contribution is -2.48. The van der Waals surface area contributed by atoms with Crippen LogP contribution in [0.5, 0.6) is 0 Å². The van der Waals surface area contributed by atoms with E-state index in [0.29, 0.717) is 11.3 Å². The molecule has 1 rings (SSSR count). The molecule has 2 nitrogen and oxygen atoms in total. The van der Waals surface area contributed by atoms with Crippen molar-refractivity contribution in [2.45, 2.75) is 52.6 Å². The smallest absolute Gasteiger partial charge is 0.0659 e. The van der Waals surface area contributed by atoms with Crippen LogP contribution in [0.25, 0.3) is 0 Å². The average Bonchev–Trinajstić information content (AvgIpc) is 2.01. The highest BCUT2D eigenvalue weighted by Crippen LogP contribution is 2.45. The number of ether oxygens (including phenoxy) is 1. The highest BCUT2D eigenvalue weighted by molar-refractivity contribution is 4.93. The van der Waals surface area contributed by atoms with E-state index in [1.54, 1.807) is 0 Å². The zero-order chi connectivity index (χ0) is 10.8. The summed E-state index contributed by atoms with van der Waals surface area (Å²) >= 11 is 0. The summed E-state index contributed by atoms with van der Waals surface area (Å²) in [5, 5.41) is 0. The molecule has 0 spiro atoms. The number of hydrogen-bond acceptors (Lipinski definition) is 2. The average molecular weight is 199 g/mol. The van der Waals surface area contributed by atoms with Crippen molar-refractivity contribution in [3.05, 3.63) is 0 Å². The minimum atomic E-state index is 0.0247. The molecule has 1 unspecified atom stereocenters. The Morgan fingerprint density at radius 2 is 1.93 bits per heavy atom. The standard InChI is InChI=1S/C12H25NO/c1-11(2)7-9-14-12(3,4)10(11)6-5-8-13/h10H,5-9,13H2,1-4H3. The second-order valence-electron chi connectivity index (χ2n) is 5.67. The molecule has 1 heterocycles. The first kappa shape index (κ1) is 12.0. The molecule has 1 fully saturated rings. The van der Waals surface area contributed by atoms with Crippen molar-refractivity contribution in [2.75, 3.05) is 13.2 Å². The molecule has 0 aromatic carbocycles. The van der Waals surface area contributed by atoms with Gasteiger partial charge in [0.25, 0.3) is 0 Å². The molecule has 2 N–H and O–H groups in total. The Morgan fingerprint density at radius 1 is 1.29 bits per heavy atom. The first-order chi connectivity index (χ1) is 6.40. The fourth-order valence-corrected chi connectivity index (χ4v) is 2.85. The van der Waals surface area contributed by atoms with Gasteiger partial charge >= 0.3 is 0 Å². The maximum absolute atomic E-state index is 5.87. The van der Waals surface area contributed by atoms with Gasteiger partial charge in [0.2, 0.25) is 0 Å². The van der Waals surface area contributed by atoms with Crippen LogP contribution in [-0.2, 0) is 4.74 Å². The van der Waals surface area contributed by atoms with Gasteiger partial charge in [-0.1, -0.05) is 13.8 Å². The molecule has 0 amide bonds. The number of nitrogens with two attached hydrogens (primary N) is 1.